The number of thiazole rings is 1. The second-order valence-corrected chi connectivity index (χ2v) is 6.04. The van der Waals surface area contributed by atoms with Crippen molar-refractivity contribution in [1.82, 2.24) is 15.3 Å². The highest BCUT2D eigenvalue weighted by Crippen LogP contribution is 2.20. The van der Waals surface area contributed by atoms with Crippen LogP contribution in [0.3, 0.4) is 0 Å². The van der Waals surface area contributed by atoms with Gasteiger partial charge in [-0.1, -0.05) is 18.2 Å². The van der Waals surface area contributed by atoms with E-state index >= 15 is 0 Å². The molecule has 118 valence electrons. The van der Waals surface area contributed by atoms with E-state index in [0.29, 0.717) is 11.6 Å². The summed E-state index contributed by atoms with van der Waals surface area (Å²) in [6, 6.07) is 7.20. The maximum absolute atomic E-state index is 12.4. The summed E-state index contributed by atoms with van der Waals surface area (Å²) in [4.78, 5) is 31.1. The topological polar surface area (TPSA) is 86.9 Å². The molecule has 7 heteroatoms. The van der Waals surface area contributed by atoms with Gasteiger partial charge >= 0.3 is 0 Å². The standard InChI is InChI=1S/C16H16N4O2S/c1-10(21)19-14(15(22)20-16-17-6-7-23-16)8-11-9-18-13-5-3-2-4-12(11)13/h2-7,9,14,18H,8H2,1H3,(H,19,21)(H,17,20,22). The molecule has 0 aliphatic carbocycles. The van der Waals surface area contributed by atoms with Crippen LogP contribution in [0.25, 0.3) is 10.9 Å². The van der Waals surface area contributed by atoms with E-state index in [1.165, 1.54) is 18.3 Å². The number of hydrogen-bond acceptors (Lipinski definition) is 4. The zero-order valence-corrected chi connectivity index (χ0v) is 13.3. The highest BCUT2D eigenvalue weighted by molar-refractivity contribution is 7.13. The third-order valence-electron chi connectivity index (χ3n) is 3.46. The molecule has 0 fully saturated rings. The summed E-state index contributed by atoms with van der Waals surface area (Å²) in [6.45, 7) is 1.40. The van der Waals surface area contributed by atoms with Gasteiger partial charge in [0.1, 0.15) is 6.04 Å². The Hall–Kier alpha value is -2.67. The third kappa shape index (κ3) is 3.57. The smallest absolute Gasteiger partial charge is 0.249 e. The third-order valence-corrected chi connectivity index (χ3v) is 4.14. The molecule has 2 aromatic heterocycles. The predicted molar refractivity (Wildman–Crippen MR) is 90.4 cm³/mol. The summed E-state index contributed by atoms with van der Waals surface area (Å²) in [6.07, 6.45) is 3.89. The molecule has 0 saturated carbocycles. The monoisotopic (exact) mass is 328 g/mol. The van der Waals surface area contributed by atoms with Crippen LogP contribution >= 0.6 is 11.3 Å². The van der Waals surface area contributed by atoms with Gasteiger partial charge in [0.25, 0.3) is 0 Å². The lowest BCUT2D eigenvalue weighted by Crippen LogP contribution is -2.44. The van der Waals surface area contributed by atoms with E-state index in [4.69, 9.17) is 0 Å². The van der Waals surface area contributed by atoms with Crippen LogP contribution in [-0.2, 0) is 16.0 Å². The van der Waals surface area contributed by atoms with E-state index in [9.17, 15) is 9.59 Å². The minimum atomic E-state index is -0.657. The Bertz CT molecular complexity index is 826. The van der Waals surface area contributed by atoms with Gasteiger partial charge in [-0.15, -0.1) is 11.3 Å². The van der Waals surface area contributed by atoms with Gasteiger partial charge in [-0.2, -0.15) is 0 Å². The largest absolute Gasteiger partial charge is 0.361 e. The van der Waals surface area contributed by atoms with Gasteiger partial charge in [-0.25, -0.2) is 4.98 Å². The van der Waals surface area contributed by atoms with E-state index in [1.54, 1.807) is 11.6 Å². The van der Waals surface area contributed by atoms with Crippen molar-refractivity contribution >= 4 is 39.2 Å². The number of para-hydroxylation sites is 1. The summed E-state index contributed by atoms with van der Waals surface area (Å²) in [5, 5.41) is 8.78. The zero-order chi connectivity index (χ0) is 16.2. The first kappa shape index (κ1) is 15.2. The van der Waals surface area contributed by atoms with Crippen LogP contribution in [0.15, 0.2) is 42.0 Å². The molecule has 3 rings (SSSR count). The van der Waals surface area contributed by atoms with Crippen LogP contribution in [0.1, 0.15) is 12.5 Å². The number of aromatic nitrogens is 2. The average molecular weight is 328 g/mol. The van der Waals surface area contributed by atoms with Crippen molar-refractivity contribution in [3.05, 3.63) is 47.6 Å². The highest BCUT2D eigenvalue weighted by atomic mass is 32.1. The molecule has 1 atom stereocenters. The number of benzene rings is 1. The number of rotatable bonds is 5. The lowest BCUT2D eigenvalue weighted by atomic mass is 10.0. The number of amides is 2. The van der Waals surface area contributed by atoms with Gasteiger partial charge in [0.15, 0.2) is 5.13 Å². The van der Waals surface area contributed by atoms with E-state index in [2.05, 4.69) is 20.6 Å². The Morgan fingerprint density at radius 2 is 2.17 bits per heavy atom. The average Bonchev–Trinajstić information content (AvgIpc) is 3.16. The fourth-order valence-corrected chi connectivity index (χ4v) is 2.98. The summed E-state index contributed by atoms with van der Waals surface area (Å²) >= 11 is 1.34. The van der Waals surface area contributed by atoms with Crippen molar-refractivity contribution in [3.63, 3.8) is 0 Å². The van der Waals surface area contributed by atoms with E-state index in [-0.39, 0.29) is 11.8 Å². The van der Waals surface area contributed by atoms with E-state index < -0.39 is 6.04 Å². The van der Waals surface area contributed by atoms with E-state index in [1.807, 2.05) is 30.5 Å². The van der Waals surface area contributed by atoms with Gasteiger partial charge in [0.2, 0.25) is 11.8 Å². The molecule has 0 saturated heterocycles. The molecule has 0 aliphatic heterocycles. The van der Waals surface area contributed by atoms with Crippen LogP contribution < -0.4 is 10.6 Å². The van der Waals surface area contributed by atoms with Gasteiger partial charge in [0, 0.05) is 42.0 Å². The molecule has 1 aromatic carbocycles. The minimum absolute atomic E-state index is 0.246. The first-order valence-corrected chi connectivity index (χ1v) is 8.04. The molecule has 0 radical (unpaired) electrons. The Morgan fingerprint density at radius 1 is 1.35 bits per heavy atom. The number of anilines is 1. The van der Waals surface area contributed by atoms with Crippen LogP contribution in [0.2, 0.25) is 0 Å². The van der Waals surface area contributed by atoms with Crippen molar-refractivity contribution < 1.29 is 9.59 Å². The number of aromatic amines is 1. The number of nitrogens with one attached hydrogen (secondary N) is 3. The Labute approximate surface area is 136 Å². The van der Waals surface area contributed by atoms with Crippen LogP contribution in [0, 0.1) is 0 Å². The van der Waals surface area contributed by atoms with Gasteiger partial charge in [-0.05, 0) is 11.6 Å². The summed E-state index contributed by atoms with van der Waals surface area (Å²) in [7, 11) is 0. The molecular weight excluding hydrogens is 312 g/mol. The molecule has 3 aromatic rings. The Balaban J connectivity index is 1.81. The summed E-state index contributed by atoms with van der Waals surface area (Å²) in [5.41, 5.74) is 1.98. The maximum Gasteiger partial charge on any atom is 0.249 e. The molecule has 2 amide bonds. The molecule has 2 heterocycles. The fraction of sp³-hybridized carbons (Fsp3) is 0.188. The van der Waals surface area contributed by atoms with Gasteiger partial charge in [-0.3, -0.25) is 9.59 Å². The molecule has 0 spiro atoms. The first-order chi connectivity index (χ1) is 11.1. The number of carbonyl (C=O) groups excluding carboxylic acids is 2. The van der Waals surface area contributed by atoms with Crippen molar-refractivity contribution in [2.24, 2.45) is 0 Å². The quantitative estimate of drug-likeness (QED) is 0.672. The number of H-pyrrole nitrogens is 1. The molecular formula is C16H16N4O2S. The highest BCUT2D eigenvalue weighted by Gasteiger charge is 2.22. The van der Waals surface area contributed by atoms with Crippen LogP contribution in [0.4, 0.5) is 5.13 Å². The zero-order valence-electron chi connectivity index (χ0n) is 12.5. The fourth-order valence-electron chi connectivity index (χ4n) is 2.45. The van der Waals surface area contributed by atoms with Crippen LogP contribution in [0.5, 0.6) is 0 Å². The van der Waals surface area contributed by atoms with Crippen molar-refractivity contribution in [2.45, 2.75) is 19.4 Å². The lowest BCUT2D eigenvalue weighted by molar-refractivity contribution is -0.125. The number of carbonyl (C=O) groups is 2. The number of hydrogen-bond donors (Lipinski definition) is 3. The van der Waals surface area contributed by atoms with Crippen LogP contribution in [-0.4, -0.2) is 27.8 Å². The molecule has 6 nitrogen and oxygen atoms in total. The maximum atomic E-state index is 12.4. The van der Waals surface area contributed by atoms with Crippen molar-refractivity contribution in [2.75, 3.05) is 5.32 Å². The lowest BCUT2D eigenvalue weighted by Gasteiger charge is -2.16. The number of fused-ring (bicyclic) bond motifs is 1. The second-order valence-electron chi connectivity index (χ2n) is 5.14. The molecule has 1 unspecified atom stereocenters. The molecule has 23 heavy (non-hydrogen) atoms. The Kier molecular flexibility index (Phi) is 4.38. The van der Waals surface area contributed by atoms with Gasteiger partial charge < -0.3 is 15.6 Å². The first-order valence-electron chi connectivity index (χ1n) is 7.16. The Morgan fingerprint density at radius 3 is 2.91 bits per heavy atom. The van der Waals surface area contributed by atoms with Gasteiger partial charge in [0.05, 0.1) is 0 Å². The predicted octanol–water partition coefficient (Wildman–Crippen LogP) is 2.31. The van der Waals surface area contributed by atoms with Crippen molar-refractivity contribution in [1.29, 1.82) is 0 Å². The second kappa shape index (κ2) is 6.62. The van der Waals surface area contributed by atoms with Crippen molar-refractivity contribution in [3.8, 4) is 0 Å². The summed E-state index contributed by atoms with van der Waals surface area (Å²) < 4.78 is 0. The molecule has 0 bridgehead atoms. The summed E-state index contributed by atoms with van der Waals surface area (Å²) in [5.74, 6) is -0.524. The normalized spacial score (nSPS) is 12.0. The SMILES string of the molecule is CC(=O)NC(Cc1c[nH]c2ccccc12)C(=O)Nc1nccs1. The van der Waals surface area contributed by atoms with E-state index in [0.717, 1.165) is 16.5 Å². The molecule has 0 aliphatic rings. The number of nitrogens with zero attached hydrogens (tertiary/aromatic N) is 1. The molecule has 3 N–H and O–H groups in total. The minimum Gasteiger partial charge on any atom is -0.361 e.